The van der Waals surface area contributed by atoms with Gasteiger partial charge in [-0.15, -0.1) is 11.3 Å². The van der Waals surface area contributed by atoms with Gasteiger partial charge in [-0.2, -0.15) is 0 Å². The molecule has 4 heterocycles. The van der Waals surface area contributed by atoms with E-state index in [-0.39, 0.29) is 5.91 Å². The molecule has 0 spiro atoms. The van der Waals surface area contributed by atoms with Gasteiger partial charge < -0.3 is 14.7 Å². The van der Waals surface area contributed by atoms with Crippen molar-refractivity contribution in [3.63, 3.8) is 0 Å². The minimum atomic E-state index is 0.0575. The van der Waals surface area contributed by atoms with Crippen LogP contribution < -0.4 is 10.2 Å². The molecule has 1 aromatic carbocycles. The Kier molecular flexibility index (Phi) is 5.24. The molecule has 6 nitrogen and oxygen atoms in total. The van der Waals surface area contributed by atoms with Crippen LogP contribution in [0.4, 0.5) is 5.82 Å². The molecule has 5 rings (SSSR count). The summed E-state index contributed by atoms with van der Waals surface area (Å²) in [5.41, 5.74) is 0.859. The maximum Gasteiger partial charge on any atom is 0.261 e. The number of carbonyl (C=O) groups is 1. The van der Waals surface area contributed by atoms with E-state index in [1.165, 1.54) is 24.2 Å². The maximum absolute atomic E-state index is 12.1. The number of fused-ring (bicyclic) bond motifs is 2. The van der Waals surface area contributed by atoms with Crippen molar-refractivity contribution < 1.29 is 9.32 Å². The van der Waals surface area contributed by atoms with Crippen LogP contribution in [0, 0.1) is 5.92 Å². The van der Waals surface area contributed by atoms with Gasteiger partial charge in [0.1, 0.15) is 0 Å². The lowest BCUT2D eigenvalue weighted by atomic mass is 9.89. The summed E-state index contributed by atoms with van der Waals surface area (Å²) in [6, 6.07) is 12.5. The highest BCUT2D eigenvalue weighted by Crippen LogP contribution is 2.31. The summed E-state index contributed by atoms with van der Waals surface area (Å²) in [4.78, 5) is 17.9. The van der Waals surface area contributed by atoms with Crippen LogP contribution in [-0.4, -0.2) is 54.7 Å². The lowest BCUT2D eigenvalue weighted by molar-refractivity contribution is 0.0878. The molecule has 1 N–H and O–H groups in total. The zero-order chi connectivity index (χ0) is 19.6. The van der Waals surface area contributed by atoms with E-state index in [1.54, 1.807) is 0 Å². The van der Waals surface area contributed by atoms with Crippen LogP contribution in [0.1, 0.15) is 28.9 Å². The first kappa shape index (κ1) is 18.6. The number of hydrogen-bond acceptors (Lipinski definition) is 6. The van der Waals surface area contributed by atoms with Crippen molar-refractivity contribution in [2.24, 2.45) is 5.92 Å². The predicted molar refractivity (Wildman–Crippen MR) is 116 cm³/mol. The zero-order valence-corrected chi connectivity index (χ0v) is 17.2. The van der Waals surface area contributed by atoms with Gasteiger partial charge in [0, 0.05) is 38.8 Å². The minimum absolute atomic E-state index is 0.0575. The average Bonchev–Trinajstić information content (AvgIpc) is 3.43. The SMILES string of the molecule is O=C(NCCC1CCC2CN(c3noc4ccccc34)CCN2C1)c1cccs1. The second-order valence-electron chi connectivity index (χ2n) is 8.06. The molecular formula is C22H26N4O2S. The Morgan fingerprint density at radius 3 is 3.00 bits per heavy atom. The Bertz CT molecular complexity index is 970. The molecule has 2 aromatic heterocycles. The summed E-state index contributed by atoms with van der Waals surface area (Å²) in [5.74, 6) is 1.70. The molecule has 0 bridgehead atoms. The first-order valence-corrected chi connectivity index (χ1v) is 11.3. The quantitative estimate of drug-likeness (QED) is 0.696. The first-order chi connectivity index (χ1) is 14.3. The number of carbonyl (C=O) groups excluding carboxylic acids is 1. The van der Waals surface area contributed by atoms with E-state index in [0.29, 0.717) is 12.0 Å². The summed E-state index contributed by atoms with van der Waals surface area (Å²) in [7, 11) is 0. The largest absolute Gasteiger partial charge is 0.354 e. The summed E-state index contributed by atoms with van der Waals surface area (Å²) in [6.07, 6.45) is 3.48. The topological polar surface area (TPSA) is 61.6 Å². The van der Waals surface area contributed by atoms with E-state index in [4.69, 9.17) is 4.52 Å². The fourth-order valence-corrected chi connectivity index (χ4v) is 5.31. The number of amides is 1. The first-order valence-electron chi connectivity index (χ1n) is 10.4. The van der Waals surface area contributed by atoms with E-state index in [0.717, 1.165) is 60.8 Å². The third kappa shape index (κ3) is 3.89. The molecule has 0 aliphatic carbocycles. The number of nitrogens with one attached hydrogen (secondary N) is 1. The van der Waals surface area contributed by atoms with E-state index < -0.39 is 0 Å². The highest BCUT2D eigenvalue weighted by molar-refractivity contribution is 7.12. The van der Waals surface area contributed by atoms with Gasteiger partial charge in [-0.05, 0) is 48.8 Å². The number of anilines is 1. The van der Waals surface area contributed by atoms with Crippen LogP contribution in [0.2, 0.25) is 0 Å². The summed E-state index contributed by atoms with van der Waals surface area (Å²) < 4.78 is 5.51. The smallest absolute Gasteiger partial charge is 0.261 e. The van der Waals surface area contributed by atoms with Crippen LogP contribution in [0.5, 0.6) is 0 Å². The molecule has 3 aromatic rings. The van der Waals surface area contributed by atoms with Crippen LogP contribution in [0.25, 0.3) is 11.0 Å². The maximum atomic E-state index is 12.1. The lowest BCUT2D eigenvalue weighted by Crippen LogP contribution is -2.56. The number of para-hydroxylation sites is 1. The second-order valence-corrected chi connectivity index (χ2v) is 9.01. The van der Waals surface area contributed by atoms with E-state index >= 15 is 0 Å². The van der Waals surface area contributed by atoms with Crippen LogP contribution in [-0.2, 0) is 0 Å². The molecule has 2 atom stereocenters. The number of piperidine rings is 1. The van der Waals surface area contributed by atoms with Crippen LogP contribution >= 0.6 is 11.3 Å². The molecule has 2 aliphatic heterocycles. The fourth-order valence-electron chi connectivity index (χ4n) is 4.67. The van der Waals surface area contributed by atoms with Gasteiger partial charge in [0.15, 0.2) is 11.4 Å². The van der Waals surface area contributed by atoms with Crippen molar-refractivity contribution in [1.29, 1.82) is 0 Å². The zero-order valence-electron chi connectivity index (χ0n) is 16.4. The second kappa shape index (κ2) is 8.16. The molecule has 2 unspecified atom stereocenters. The third-order valence-corrected chi connectivity index (χ3v) is 7.12. The van der Waals surface area contributed by atoms with E-state index in [1.807, 2.05) is 35.7 Å². The van der Waals surface area contributed by atoms with Gasteiger partial charge in [-0.1, -0.05) is 23.4 Å². The number of piperazine rings is 1. The van der Waals surface area contributed by atoms with Crippen molar-refractivity contribution in [3.05, 3.63) is 46.7 Å². The number of hydrogen-bond donors (Lipinski definition) is 1. The van der Waals surface area contributed by atoms with Crippen molar-refractivity contribution in [2.45, 2.75) is 25.3 Å². The highest BCUT2D eigenvalue weighted by atomic mass is 32.1. The standard InChI is InChI=1S/C22H26N4O2S/c27-22(20-6-3-13-29-20)23-10-9-16-7-8-17-15-26(12-11-25(17)14-16)21-18-4-1-2-5-19(18)28-24-21/h1-6,13,16-17H,7-12,14-15H2,(H,23,27). The fraction of sp³-hybridized carbons (Fsp3) is 0.455. The van der Waals surface area contributed by atoms with Crippen molar-refractivity contribution in [2.75, 3.05) is 37.6 Å². The molecule has 7 heteroatoms. The summed E-state index contributed by atoms with van der Waals surface area (Å²) in [6.45, 7) is 4.95. The normalized spacial score (nSPS) is 22.6. The van der Waals surface area contributed by atoms with Crippen LogP contribution in [0.3, 0.4) is 0 Å². The number of thiophene rings is 1. The Balaban J connectivity index is 1.13. The minimum Gasteiger partial charge on any atom is -0.354 e. The third-order valence-electron chi connectivity index (χ3n) is 6.25. The Hall–Kier alpha value is -2.38. The number of aromatic nitrogens is 1. The van der Waals surface area contributed by atoms with Gasteiger partial charge in [-0.3, -0.25) is 9.69 Å². The number of benzene rings is 1. The molecule has 2 saturated heterocycles. The molecule has 0 saturated carbocycles. The Morgan fingerprint density at radius 2 is 2.10 bits per heavy atom. The number of rotatable bonds is 5. The molecule has 2 fully saturated rings. The molecule has 152 valence electrons. The molecule has 1 amide bonds. The summed E-state index contributed by atoms with van der Waals surface area (Å²) in [5, 5.41) is 10.5. The monoisotopic (exact) mass is 410 g/mol. The van der Waals surface area contributed by atoms with Crippen LogP contribution in [0.15, 0.2) is 46.3 Å². The van der Waals surface area contributed by atoms with E-state index in [2.05, 4.69) is 26.3 Å². The highest BCUT2D eigenvalue weighted by Gasteiger charge is 2.34. The van der Waals surface area contributed by atoms with Gasteiger partial charge in [-0.25, -0.2) is 0 Å². The average molecular weight is 411 g/mol. The van der Waals surface area contributed by atoms with Gasteiger partial charge in [0.25, 0.3) is 5.91 Å². The molecule has 29 heavy (non-hydrogen) atoms. The van der Waals surface area contributed by atoms with Crippen molar-refractivity contribution in [3.8, 4) is 0 Å². The number of nitrogens with zero attached hydrogens (tertiary/aromatic N) is 3. The van der Waals surface area contributed by atoms with Gasteiger partial charge >= 0.3 is 0 Å². The van der Waals surface area contributed by atoms with Gasteiger partial charge in [0.05, 0.1) is 10.3 Å². The molecule has 0 radical (unpaired) electrons. The molecule has 2 aliphatic rings. The van der Waals surface area contributed by atoms with E-state index in [9.17, 15) is 4.79 Å². The molecular weight excluding hydrogens is 384 g/mol. The predicted octanol–water partition coefficient (Wildman–Crippen LogP) is 3.61. The summed E-state index contributed by atoms with van der Waals surface area (Å²) >= 11 is 1.49. The van der Waals surface area contributed by atoms with Crippen molar-refractivity contribution in [1.82, 2.24) is 15.4 Å². The Morgan fingerprint density at radius 1 is 1.17 bits per heavy atom. The van der Waals surface area contributed by atoms with Crippen molar-refractivity contribution >= 4 is 34.0 Å². The van der Waals surface area contributed by atoms with Gasteiger partial charge in [0.2, 0.25) is 0 Å². The lowest BCUT2D eigenvalue weighted by Gasteiger charge is -2.46. The Labute approximate surface area is 174 Å².